The average Bonchev–Trinajstić information content (AvgIpc) is 3.18. The minimum atomic E-state index is -1.36. The Morgan fingerprint density at radius 1 is 1.03 bits per heavy atom. The first kappa shape index (κ1) is 27.8. The average molecular weight is 471 g/mol. The first-order valence-electron chi connectivity index (χ1n) is 10.8. The van der Waals surface area contributed by atoms with Crippen LogP contribution in [0.1, 0.15) is 52.4 Å². The second-order valence-electron chi connectivity index (χ2n) is 8.56. The van der Waals surface area contributed by atoms with Gasteiger partial charge in [-0.2, -0.15) is 0 Å². The molecule has 0 bridgehead atoms. The van der Waals surface area contributed by atoms with Crippen molar-refractivity contribution in [1.82, 2.24) is 15.5 Å². The summed E-state index contributed by atoms with van der Waals surface area (Å²) < 4.78 is 0. The smallest absolute Gasteiger partial charge is 0.326 e. The summed E-state index contributed by atoms with van der Waals surface area (Å²) >= 11 is 0. The fourth-order valence-electron chi connectivity index (χ4n) is 3.61. The third-order valence-electron chi connectivity index (χ3n) is 5.21. The quantitative estimate of drug-likeness (QED) is 0.169. The van der Waals surface area contributed by atoms with Gasteiger partial charge >= 0.3 is 5.97 Å². The van der Waals surface area contributed by atoms with Crippen LogP contribution < -0.4 is 27.8 Å². The molecule has 0 aromatic heterocycles. The van der Waals surface area contributed by atoms with Crippen molar-refractivity contribution in [3.8, 4) is 0 Å². The second-order valence-corrected chi connectivity index (χ2v) is 8.56. The van der Waals surface area contributed by atoms with E-state index in [1.165, 1.54) is 4.90 Å². The van der Waals surface area contributed by atoms with Gasteiger partial charge in [0.15, 0.2) is 0 Å². The van der Waals surface area contributed by atoms with Gasteiger partial charge < -0.3 is 37.8 Å². The lowest BCUT2D eigenvalue weighted by Gasteiger charge is -2.29. The monoisotopic (exact) mass is 470 g/mol. The van der Waals surface area contributed by atoms with Crippen LogP contribution in [0.4, 0.5) is 0 Å². The number of nitrogens with zero attached hydrogens (tertiary/aromatic N) is 1. The van der Waals surface area contributed by atoms with Crippen molar-refractivity contribution in [3.05, 3.63) is 0 Å². The third-order valence-corrected chi connectivity index (χ3v) is 5.21. The van der Waals surface area contributed by atoms with Crippen LogP contribution in [0.3, 0.4) is 0 Å². The zero-order valence-electron chi connectivity index (χ0n) is 18.9. The Hall–Kier alpha value is -3.22. The van der Waals surface area contributed by atoms with Crippen molar-refractivity contribution in [3.63, 3.8) is 0 Å². The molecule has 1 fully saturated rings. The maximum Gasteiger partial charge on any atom is 0.326 e. The molecule has 1 aliphatic heterocycles. The highest BCUT2D eigenvalue weighted by Gasteiger charge is 2.39. The number of rotatable bonds is 13. The number of aliphatic carboxylic acids is 1. The number of primary amides is 2. The van der Waals surface area contributed by atoms with E-state index in [1.807, 2.05) is 13.8 Å². The van der Waals surface area contributed by atoms with Crippen molar-refractivity contribution in [2.45, 2.75) is 76.5 Å². The Balaban J connectivity index is 2.94. The van der Waals surface area contributed by atoms with Gasteiger partial charge in [0.25, 0.3) is 0 Å². The minimum absolute atomic E-state index is 0.124. The fraction of sp³-hybridized carbons (Fsp3) is 0.700. The summed E-state index contributed by atoms with van der Waals surface area (Å²) in [6.45, 7) is 3.92. The van der Waals surface area contributed by atoms with Crippen LogP contribution in [-0.2, 0) is 28.8 Å². The van der Waals surface area contributed by atoms with E-state index in [2.05, 4.69) is 10.6 Å². The van der Waals surface area contributed by atoms with Gasteiger partial charge in [0.2, 0.25) is 29.5 Å². The Kier molecular flexibility index (Phi) is 10.7. The number of nitrogens with two attached hydrogens (primary N) is 3. The number of nitrogens with one attached hydrogen (secondary N) is 2. The van der Waals surface area contributed by atoms with E-state index in [0.717, 1.165) is 0 Å². The summed E-state index contributed by atoms with van der Waals surface area (Å²) in [5, 5.41) is 14.1. The molecule has 0 radical (unpaired) electrons. The molecule has 1 aliphatic rings. The number of carbonyl (C=O) groups is 6. The van der Waals surface area contributed by atoms with Crippen LogP contribution in [0.2, 0.25) is 0 Å². The molecule has 1 rings (SSSR count). The molecule has 13 heteroatoms. The Labute approximate surface area is 191 Å². The normalized spacial score (nSPS) is 18.3. The summed E-state index contributed by atoms with van der Waals surface area (Å²) in [5.41, 5.74) is 16.1. The van der Waals surface area contributed by atoms with Crippen LogP contribution in [0.25, 0.3) is 0 Å². The van der Waals surface area contributed by atoms with E-state index < -0.39 is 66.1 Å². The predicted molar refractivity (Wildman–Crippen MR) is 116 cm³/mol. The van der Waals surface area contributed by atoms with Crippen LogP contribution in [0.5, 0.6) is 0 Å². The van der Waals surface area contributed by atoms with E-state index in [0.29, 0.717) is 12.8 Å². The van der Waals surface area contributed by atoms with Crippen molar-refractivity contribution < 1.29 is 33.9 Å². The van der Waals surface area contributed by atoms with Crippen LogP contribution in [0, 0.1) is 5.92 Å². The number of amides is 5. The largest absolute Gasteiger partial charge is 0.480 e. The zero-order chi connectivity index (χ0) is 25.3. The van der Waals surface area contributed by atoms with Gasteiger partial charge in [-0.05, 0) is 31.6 Å². The molecule has 0 aromatic carbocycles. The van der Waals surface area contributed by atoms with Crippen molar-refractivity contribution in [2.75, 3.05) is 6.54 Å². The molecule has 0 aliphatic carbocycles. The fourth-order valence-corrected chi connectivity index (χ4v) is 3.61. The highest BCUT2D eigenvalue weighted by molar-refractivity contribution is 5.96. The number of carboxylic acid groups (broad SMARTS) is 1. The summed E-state index contributed by atoms with van der Waals surface area (Å²) in [6.07, 6.45) is 0.135. The molecule has 1 heterocycles. The lowest BCUT2D eigenvalue weighted by atomic mass is 10.0. The predicted octanol–water partition coefficient (Wildman–Crippen LogP) is -2.45. The van der Waals surface area contributed by atoms with E-state index in [1.54, 1.807) is 0 Å². The van der Waals surface area contributed by atoms with Gasteiger partial charge in [0, 0.05) is 13.0 Å². The summed E-state index contributed by atoms with van der Waals surface area (Å²) in [6, 6.07) is -4.58. The summed E-state index contributed by atoms with van der Waals surface area (Å²) in [4.78, 5) is 73.3. The maximum atomic E-state index is 13.1. The van der Waals surface area contributed by atoms with Gasteiger partial charge in [0.05, 0.1) is 12.5 Å². The maximum absolute atomic E-state index is 13.1. The molecule has 0 aromatic rings. The lowest BCUT2D eigenvalue weighted by molar-refractivity contribution is -0.145. The highest BCUT2D eigenvalue weighted by atomic mass is 16.4. The van der Waals surface area contributed by atoms with Crippen LogP contribution in [-0.4, -0.2) is 76.2 Å². The van der Waals surface area contributed by atoms with Gasteiger partial charge in [-0.15, -0.1) is 0 Å². The van der Waals surface area contributed by atoms with Gasteiger partial charge in [-0.25, -0.2) is 4.79 Å². The molecule has 33 heavy (non-hydrogen) atoms. The number of carboxylic acids is 1. The number of likely N-dealkylation sites (tertiary alicyclic amines) is 1. The molecule has 9 N–H and O–H groups in total. The Morgan fingerprint density at radius 2 is 1.67 bits per heavy atom. The van der Waals surface area contributed by atoms with Crippen LogP contribution in [0.15, 0.2) is 0 Å². The third kappa shape index (κ3) is 9.04. The standard InChI is InChI=1S/C20H34N6O7/c1-10(2)8-11(21)17(29)25-13(9-16(23)28)19(31)26-7-3-4-14(26)18(30)24-12(20(32)33)5-6-15(22)27/h10-14H,3-9,21H2,1-2H3,(H2,22,27)(H2,23,28)(H,24,30)(H,25,29)(H,32,33). The van der Waals surface area contributed by atoms with Crippen molar-refractivity contribution >= 4 is 35.5 Å². The molecule has 186 valence electrons. The number of hydrogen-bond donors (Lipinski definition) is 6. The molecule has 1 saturated heterocycles. The molecular formula is C20H34N6O7. The Bertz CT molecular complexity index is 772. The molecule has 0 spiro atoms. The lowest BCUT2D eigenvalue weighted by Crippen LogP contribution is -2.57. The minimum Gasteiger partial charge on any atom is -0.480 e. The molecule has 4 unspecified atom stereocenters. The van der Waals surface area contributed by atoms with E-state index in [4.69, 9.17) is 17.2 Å². The zero-order valence-corrected chi connectivity index (χ0v) is 18.9. The SMILES string of the molecule is CC(C)CC(N)C(=O)NC(CC(N)=O)C(=O)N1CCCC1C(=O)NC(CCC(N)=O)C(=O)O. The van der Waals surface area contributed by atoms with Gasteiger partial charge in [-0.1, -0.05) is 13.8 Å². The second kappa shape index (κ2) is 12.7. The number of carbonyl (C=O) groups excluding carboxylic acids is 5. The van der Waals surface area contributed by atoms with Gasteiger partial charge in [-0.3, -0.25) is 24.0 Å². The highest BCUT2D eigenvalue weighted by Crippen LogP contribution is 2.20. The van der Waals surface area contributed by atoms with Crippen LogP contribution >= 0.6 is 0 Å². The molecule has 5 amide bonds. The van der Waals surface area contributed by atoms with Crippen molar-refractivity contribution in [1.29, 1.82) is 0 Å². The molecule has 4 atom stereocenters. The first-order valence-corrected chi connectivity index (χ1v) is 10.8. The van der Waals surface area contributed by atoms with E-state index in [9.17, 15) is 33.9 Å². The van der Waals surface area contributed by atoms with E-state index >= 15 is 0 Å². The molecular weight excluding hydrogens is 436 g/mol. The van der Waals surface area contributed by atoms with Crippen molar-refractivity contribution in [2.24, 2.45) is 23.1 Å². The first-order chi connectivity index (χ1) is 15.3. The van der Waals surface area contributed by atoms with Gasteiger partial charge in [0.1, 0.15) is 18.1 Å². The summed E-state index contributed by atoms with van der Waals surface area (Å²) in [5.74, 6) is -4.81. The topological polar surface area (TPSA) is 228 Å². The molecule has 0 saturated carbocycles. The summed E-state index contributed by atoms with van der Waals surface area (Å²) in [7, 11) is 0. The Morgan fingerprint density at radius 3 is 2.18 bits per heavy atom. The van der Waals surface area contributed by atoms with E-state index in [-0.39, 0.29) is 31.7 Å². The number of hydrogen-bond acceptors (Lipinski definition) is 7. The molecule has 13 nitrogen and oxygen atoms in total.